The molecule has 2 aromatic carbocycles. The molecule has 0 aliphatic carbocycles. The lowest BCUT2D eigenvalue weighted by molar-refractivity contribution is 0.601. The van der Waals surface area contributed by atoms with E-state index in [-0.39, 0.29) is 4.90 Å². The van der Waals surface area contributed by atoms with Gasteiger partial charge >= 0.3 is 0 Å². The van der Waals surface area contributed by atoms with Crippen LogP contribution in [0.4, 0.5) is 5.69 Å². The molecule has 112 valence electrons. The van der Waals surface area contributed by atoms with Gasteiger partial charge in [0.05, 0.1) is 10.6 Å². The lowest BCUT2D eigenvalue weighted by atomic mass is 10.2. The van der Waals surface area contributed by atoms with Crippen molar-refractivity contribution < 1.29 is 8.42 Å². The quantitative estimate of drug-likeness (QED) is 0.792. The van der Waals surface area contributed by atoms with Crippen molar-refractivity contribution in [1.29, 1.82) is 0 Å². The number of rotatable bonds is 4. The Morgan fingerprint density at radius 2 is 1.86 bits per heavy atom. The summed E-state index contributed by atoms with van der Waals surface area (Å²) in [5, 5.41) is 10.9. The first kappa shape index (κ1) is 14.2. The average Bonchev–Trinajstić information content (AvgIpc) is 3.02. The zero-order valence-corrected chi connectivity index (χ0v) is 12.5. The molecule has 3 rings (SSSR count). The lowest BCUT2D eigenvalue weighted by Gasteiger charge is -2.09. The summed E-state index contributed by atoms with van der Waals surface area (Å²) < 4.78 is 28.7. The fourth-order valence-corrected chi connectivity index (χ4v) is 3.12. The summed E-state index contributed by atoms with van der Waals surface area (Å²) in [6.07, 6.45) is 1.46. The van der Waals surface area contributed by atoms with E-state index in [0.29, 0.717) is 5.69 Å². The zero-order chi connectivity index (χ0) is 15.6. The minimum atomic E-state index is -3.60. The van der Waals surface area contributed by atoms with E-state index in [2.05, 4.69) is 20.2 Å². The van der Waals surface area contributed by atoms with E-state index in [1.165, 1.54) is 11.0 Å². The number of hydrogen-bond donors (Lipinski definition) is 1. The normalized spacial score (nSPS) is 11.3. The Kier molecular flexibility index (Phi) is 3.60. The van der Waals surface area contributed by atoms with Crippen LogP contribution in [-0.2, 0) is 10.0 Å². The van der Waals surface area contributed by atoms with Gasteiger partial charge in [-0.1, -0.05) is 12.1 Å². The number of aryl methyl sites for hydroxylation is 1. The first-order chi connectivity index (χ1) is 10.5. The van der Waals surface area contributed by atoms with Crippen LogP contribution >= 0.6 is 0 Å². The molecule has 0 aliphatic heterocycles. The van der Waals surface area contributed by atoms with Crippen LogP contribution in [0.3, 0.4) is 0 Å². The molecule has 8 heteroatoms. The third-order valence-electron chi connectivity index (χ3n) is 3.03. The van der Waals surface area contributed by atoms with Crippen molar-refractivity contribution in [2.75, 3.05) is 4.72 Å². The summed E-state index contributed by atoms with van der Waals surface area (Å²) >= 11 is 0. The smallest absolute Gasteiger partial charge is 0.261 e. The van der Waals surface area contributed by atoms with Crippen LogP contribution in [-0.4, -0.2) is 28.6 Å². The molecule has 0 bridgehead atoms. The van der Waals surface area contributed by atoms with Gasteiger partial charge in [-0.3, -0.25) is 4.72 Å². The monoisotopic (exact) mass is 315 g/mol. The van der Waals surface area contributed by atoms with Crippen molar-refractivity contribution >= 4 is 15.7 Å². The highest BCUT2D eigenvalue weighted by Gasteiger charge is 2.14. The molecule has 3 aromatic rings. The molecule has 0 fully saturated rings. The summed E-state index contributed by atoms with van der Waals surface area (Å²) in [4.78, 5) is 0.233. The highest BCUT2D eigenvalue weighted by Crippen LogP contribution is 2.18. The molecule has 7 nitrogen and oxygen atoms in total. The first-order valence-electron chi connectivity index (χ1n) is 6.47. The molecule has 0 saturated heterocycles. The van der Waals surface area contributed by atoms with E-state index in [1.807, 2.05) is 13.0 Å². The van der Waals surface area contributed by atoms with E-state index >= 15 is 0 Å². The lowest BCUT2D eigenvalue weighted by Crippen LogP contribution is -2.13. The van der Waals surface area contributed by atoms with E-state index in [4.69, 9.17) is 0 Å². The van der Waals surface area contributed by atoms with E-state index in [0.717, 1.165) is 11.3 Å². The fourth-order valence-electron chi connectivity index (χ4n) is 1.96. The van der Waals surface area contributed by atoms with Crippen LogP contribution in [0.5, 0.6) is 0 Å². The molecular weight excluding hydrogens is 302 g/mol. The molecule has 0 amide bonds. The zero-order valence-electron chi connectivity index (χ0n) is 11.7. The molecule has 0 radical (unpaired) electrons. The standard InChI is InChI=1S/C14H13N5O2S/c1-11-3-2-4-14(9-11)22(20,21)16-12-5-7-13(8-6-12)19-10-15-17-18-19/h2-10,16H,1H3. The van der Waals surface area contributed by atoms with Crippen LogP contribution in [0.2, 0.25) is 0 Å². The largest absolute Gasteiger partial charge is 0.280 e. The summed E-state index contributed by atoms with van der Waals surface area (Å²) in [7, 11) is -3.60. The highest BCUT2D eigenvalue weighted by atomic mass is 32.2. The topological polar surface area (TPSA) is 89.8 Å². The molecular formula is C14H13N5O2S. The van der Waals surface area contributed by atoms with Crippen molar-refractivity contribution in [2.45, 2.75) is 11.8 Å². The Balaban J connectivity index is 1.84. The van der Waals surface area contributed by atoms with Gasteiger partial charge in [-0.15, -0.1) is 5.10 Å². The Morgan fingerprint density at radius 1 is 1.09 bits per heavy atom. The summed E-state index contributed by atoms with van der Waals surface area (Å²) in [6.45, 7) is 1.85. The number of sulfonamides is 1. The van der Waals surface area contributed by atoms with E-state index in [9.17, 15) is 8.42 Å². The van der Waals surface area contributed by atoms with Gasteiger partial charge < -0.3 is 0 Å². The van der Waals surface area contributed by atoms with Gasteiger partial charge in [0.2, 0.25) is 0 Å². The molecule has 0 spiro atoms. The van der Waals surface area contributed by atoms with Crippen molar-refractivity contribution in [3.63, 3.8) is 0 Å². The van der Waals surface area contributed by atoms with Crippen LogP contribution < -0.4 is 4.72 Å². The van der Waals surface area contributed by atoms with Gasteiger partial charge in [-0.05, 0) is 59.3 Å². The summed E-state index contributed by atoms with van der Waals surface area (Å²) in [5.74, 6) is 0. The molecule has 0 saturated carbocycles. The van der Waals surface area contributed by atoms with Gasteiger partial charge in [0.1, 0.15) is 6.33 Å². The van der Waals surface area contributed by atoms with E-state index < -0.39 is 10.0 Å². The number of tetrazole rings is 1. The number of hydrogen-bond acceptors (Lipinski definition) is 5. The second-order valence-corrected chi connectivity index (χ2v) is 6.41. The fraction of sp³-hybridized carbons (Fsp3) is 0.0714. The van der Waals surface area contributed by atoms with Gasteiger partial charge in [0.15, 0.2) is 0 Å². The first-order valence-corrected chi connectivity index (χ1v) is 7.96. The predicted molar refractivity (Wildman–Crippen MR) is 81.1 cm³/mol. The van der Waals surface area contributed by atoms with Crippen LogP contribution in [0.25, 0.3) is 5.69 Å². The number of benzene rings is 2. The minimum absolute atomic E-state index is 0.233. The number of anilines is 1. The number of aromatic nitrogens is 4. The Morgan fingerprint density at radius 3 is 2.50 bits per heavy atom. The van der Waals surface area contributed by atoms with Crippen molar-refractivity contribution in [2.24, 2.45) is 0 Å². The second-order valence-electron chi connectivity index (χ2n) is 4.72. The predicted octanol–water partition coefficient (Wildman–Crippen LogP) is 1.77. The van der Waals surface area contributed by atoms with Crippen LogP contribution in [0.15, 0.2) is 59.8 Å². The second kappa shape index (κ2) is 5.57. The molecule has 0 aliphatic rings. The van der Waals surface area contributed by atoms with Gasteiger partial charge in [0, 0.05) is 5.69 Å². The van der Waals surface area contributed by atoms with Crippen molar-refractivity contribution in [3.05, 3.63) is 60.4 Å². The van der Waals surface area contributed by atoms with Crippen molar-refractivity contribution in [3.8, 4) is 5.69 Å². The SMILES string of the molecule is Cc1cccc(S(=O)(=O)Nc2ccc(-n3cnnn3)cc2)c1. The molecule has 0 atom stereocenters. The molecule has 0 unspecified atom stereocenters. The van der Waals surface area contributed by atoms with Crippen LogP contribution in [0, 0.1) is 6.92 Å². The van der Waals surface area contributed by atoms with Crippen LogP contribution in [0.1, 0.15) is 5.56 Å². The minimum Gasteiger partial charge on any atom is -0.280 e. The number of nitrogens with zero attached hydrogens (tertiary/aromatic N) is 4. The Bertz CT molecular complexity index is 874. The average molecular weight is 315 g/mol. The summed E-state index contributed by atoms with van der Waals surface area (Å²) in [6, 6.07) is 13.5. The highest BCUT2D eigenvalue weighted by molar-refractivity contribution is 7.92. The van der Waals surface area contributed by atoms with Gasteiger partial charge in [0.25, 0.3) is 10.0 Å². The molecule has 1 N–H and O–H groups in total. The maximum atomic E-state index is 12.3. The third kappa shape index (κ3) is 2.96. The molecule has 1 heterocycles. The third-order valence-corrected chi connectivity index (χ3v) is 4.41. The maximum absolute atomic E-state index is 12.3. The van der Waals surface area contributed by atoms with E-state index in [1.54, 1.807) is 42.5 Å². The Labute approximate surface area is 127 Å². The Hall–Kier alpha value is -2.74. The maximum Gasteiger partial charge on any atom is 0.261 e. The number of nitrogens with one attached hydrogen (secondary N) is 1. The van der Waals surface area contributed by atoms with Gasteiger partial charge in [-0.2, -0.15) is 0 Å². The van der Waals surface area contributed by atoms with Crippen molar-refractivity contribution in [1.82, 2.24) is 20.2 Å². The molecule has 22 heavy (non-hydrogen) atoms. The summed E-state index contributed by atoms with van der Waals surface area (Å²) in [5.41, 5.74) is 2.10. The van der Waals surface area contributed by atoms with Gasteiger partial charge in [-0.25, -0.2) is 13.1 Å². The molecule has 1 aromatic heterocycles.